The number of benzene rings is 3. The molecule has 2 N–H and O–H groups in total. The van der Waals surface area contributed by atoms with E-state index in [0.29, 0.717) is 45.0 Å². The van der Waals surface area contributed by atoms with Crippen molar-refractivity contribution in [2.24, 2.45) is 0 Å². The minimum Gasteiger partial charge on any atom is -0.493 e. The van der Waals surface area contributed by atoms with Gasteiger partial charge in [-0.15, -0.1) is 0 Å². The number of carbonyl (C=O) groups excluding carboxylic acids is 1. The predicted octanol–water partition coefficient (Wildman–Crippen LogP) is 5.98. The molecule has 1 atom stereocenters. The van der Waals surface area contributed by atoms with Crippen LogP contribution in [0.5, 0.6) is 28.7 Å². The normalized spacial score (nSPS) is 11.4. The third-order valence-corrected chi connectivity index (χ3v) is 5.81. The molecule has 4 aromatic rings. The van der Waals surface area contributed by atoms with Crippen LogP contribution in [0.15, 0.2) is 72.9 Å². The number of halogens is 1. The van der Waals surface area contributed by atoms with E-state index in [1.165, 1.54) is 0 Å². The Labute approximate surface area is 224 Å². The SMILES string of the molecule is COc1cc2nccc(Oc3ccc(NC(=S)NC(=O)C(C)Oc4ccccc4Cl)cc3)c2cc1OC. The molecule has 1 unspecified atom stereocenters. The second-order valence-corrected chi connectivity index (χ2v) is 8.61. The minimum atomic E-state index is -0.802. The Morgan fingerprint density at radius 3 is 2.35 bits per heavy atom. The summed E-state index contributed by atoms with van der Waals surface area (Å²) in [4.78, 5) is 16.8. The Morgan fingerprint density at radius 1 is 0.946 bits per heavy atom. The van der Waals surface area contributed by atoms with Crippen LogP contribution in [0.4, 0.5) is 5.69 Å². The smallest absolute Gasteiger partial charge is 0.266 e. The number of nitrogens with one attached hydrogen (secondary N) is 2. The van der Waals surface area contributed by atoms with Crippen LogP contribution < -0.4 is 29.6 Å². The summed E-state index contributed by atoms with van der Waals surface area (Å²) < 4.78 is 22.5. The van der Waals surface area contributed by atoms with Crippen molar-refractivity contribution < 1.29 is 23.7 Å². The van der Waals surface area contributed by atoms with Gasteiger partial charge in [0.2, 0.25) is 0 Å². The number of pyridine rings is 1. The number of nitrogens with zero attached hydrogens (tertiary/aromatic N) is 1. The Morgan fingerprint density at radius 2 is 1.65 bits per heavy atom. The average molecular weight is 538 g/mol. The van der Waals surface area contributed by atoms with E-state index in [-0.39, 0.29) is 5.11 Å². The van der Waals surface area contributed by atoms with Gasteiger partial charge in [-0.2, -0.15) is 0 Å². The first-order valence-electron chi connectivity index (χ1n) is 11.2. The number of hydrogen-bond donors (Lipinski definition) is 2. The second-order valence-electron chi connectivity index (χ2n) is 7.79. The number of carbonyl (C=O) groups is 1. The predicted molar refractivity (Wildman–Crippen MR) is 147 cm³/mol. The van der Waals surface area contributed by atoms with Gasteiger partial charge in [-0.1, -0.05) is 23.7 Å². The average Bonchev–Trinajstić information content (AvgIpc) is 2.90. The highest BCUT2D eigenvalue weighted by atomic mass is 35.5. The van der Waals surface area contributed by atoms with E-state index < -0.39 is 12.0 Å². The molecule has 4 rings (SSSR count). The van der Waals surface area contributed by atoms with Gasteiger partial charge < -0.3 is 24.3 Å². The molecule has 0 radical (unpaired) electrons. The van der Waals surface area contributed by atoms with Crippen molar-refractivity contribution in [1.29, 1.82) is 0 Å². The number of para-hydroxylation sites is 1. The number of hydrogen-bond acceptors (Lipinski definition) is 7. The zero-order chi connectivity index (χ0) is 26.4. The highest BCUT2D eigenvalue weighted by molar-refractivity contribution is 7.80. The summed E-state index contributed by atoms with van der Waals surface area (Å²) in [7, 11) is 3.15. The van der Waals surface area contributed by atoms with Crippen LogP contribution in [-0.2, 0) is 4.79 Å². The summed E-state index contributed by atoms with van der Waals surface area (Å²) >= 11 is 11.4. The summed E-state index contributed by atoms with van der Waals surface area (Å²) in [6.07, 6.45) is 0.862. The maximum atomic E-state index is 12.5. The molecule has 0 spiro atoms. The van der Waals surface area contributed by atoms with Crippen LogP contribution in [0.2, 0.25) is 5.02 Å². The number of ether oxygens (including phenoxy) is 4. The maximum absolute atomic E-state index is 12.5. The standard InChI is InChI=1S/C27H24ClN3O5S/c1-16(35-23-7-5-4-6-20(23)28)26(32)31-27(37)30-17-8-10-18(11-9-17)36-22-12-13-29-21-15-25(34-3)24(33-2)14-19(21)22/h4-16H,1-3H3,(H2,30,31,32,37). The lowest BCUT2D eigenvalue weighted by Gasteiger charge is -2.16. The van der Waals surface area contributed by atoms with Crippen molar-refractivity contribution in [2.45, 2.75) is 13.0 Å². The number of thiocarbonyl (C=S) groups is 1. The highest BCUT2D eigenvalue weighted by Gasteiger charge is 2.17. The summed E-state index contributed by atoms with van der Waals surface area (Å²) in [5.41, 5.74) is 1.38. The van der Waals surface area contributed by atoms with E-state index in [2.05, 4.69) is 15.6 Å². The summed E-state index contributed by atoms with van der Waals surface area (Å²) in [5, 5.41) is 6.92. The van der Waals surface area contributed by atoms with Gasteiger partial charge in [-0.05, 0) is 67.7 Å². The second kappa shape index (κ2) is 11.8. The molecule has 0 aliphatic carbocycles. The fourth-order valence-electron chi connectivity index (χ4n) is 3.43. The molecule has 0 fully saturated rings. The van der Waals surface area contributed by atoms with E-state index in [4.69, 9.17) is 42.8 Å². The first-order chi connectivity index (χ1) is 17.9. The Hall–Kier alpha value is -4.08. The van der Waals surface area contributed by atoms with Gasteiger partial charge in [0.05, 0.1) is 24.8 Å². The number of anilines is 1. The van der Waals surface area contributed by atoms with Gasteiger partial charge in [-0.3, -0.25) is 15.1 Å². The van der Waals surface area contributed by atoms with E-state index in [0.717, 1.165) is 5.39 Å². The van der Waals surface area contributed by atoms with Crippen LogP contribution >= 0.6 is 23.8 Å². The van der Waals surface area contributed by atoms with Crippen molar-refractivity contribution in [2.75, 3.05) is 19.5 Å². The van der Waals surface area contributed by atoms with Crippen molar-refractivity contribution >= 4 is 51.4 Å². The van der Waals surface area contributed by atoms with Gasteiger partial charge in [0.15, 0.2) is 22.7 Å². The van der Waals surface area contributed by atoms with Gasteiger partial charge in [-0.25, -0.2) is 0 Å². The Kier molecular flexibility index (Phi) is 8.27. The lowest BCUT2D eigenvalue weighted by atomic mass is 10.2. The van der Waals surface area contributed by atoms with Crippen molar-refractivity contribution in [3.8, 4) is 28.7 Å². The summed E-state index contributed by atoms with van der Waals surface area (Å²) in [5.74, 6) is 2.39. The first-order valence-corrected chi connectivity index (χ1v) is 12.0. The fourth-order valence-corrected chi connectivity index (χ4v) is 3.83. The van der Waals surface area contributed by atoms with Crippen LogP contribution in [-0.4, -0.2) is 36.3 Å². The van der Waals surface area contributed by atoms with Gasteiger partial charge in [0.25, 0.3) is 5.91 Å². The van der Waals surface area contributed by atoms with E-state index >= 15 is 0 Å². The number of fused-ring (bicyclic) bond motifs is 1. The van der Waals surface area contributed by atoms with Gasteiger partial charge >= 0.3 is 0 Å². The van der Waals surface area contributed by atoms with Gasteiger partial charge in [0, 0.05) is 23.3 Å². The van der Waals surface area contributed by atoms with E-state index in [9.17, 15) is 4.79 Å². The van der Waals surface area contributed by atoms with Crippen LogP contribution in [0.25, 0.3) is 10.9 Å². The lowest BCUT2D eigenvalue weighted by molar-refractivity contribution is -0.125. The molecule has 1 aromatic heterocycles. The number of amides is 1. The van der Waals surface area contributed by atoms with Crippen LogP contribution in [0.3, 0.4) is 0 Å². The van der Waals surface area contributed by atoms with Crippen LogP contribution in [0.1, 0.15) is 6.92 Å². The van der Waals surface area contributed by atoms with E-state index in [1.54, 1.807) is 88.0 Å². The number of rotatable bonds is 8. The molecular weight excluding hydrogens is 514 g/mol. The molecule has 37 heavy (non-hydrogen) atoms. The largest absolute Gasteiger partial charge is 0.493 e. The van der Waals surface area contributed by atoms with Crippen molar-refractivity contribution in [3.63, 3.8) is 0 Å². The molecule has 0 saturated carbocycles. The third-order valence-electron chi connectivity index (χ3n) is 5.29. The molecule has 0 saturated heterocycles. The third kappa shape index (κ3) is 6.38. The molecule has 1 heterocycles. The topological polar surface area (TPSA) is 90.9 Å². The van der Waals surface area contributed by atoms with Crippen LogP contribution in [0, 0.1) is 0 Å². The molecule has 8 nitrogen and oxygen atoms in total. The van der Waals surface area contributed by atoms with E-state index in [1.807, 2.05) is 6.07 Å². The molecule has 190 valence electrons. The summed E-state index contributed by atoms with van der Waals surface area (Å²) in [6.45, 7) is 1.61. The molecule has 10 heteroatoms. The monoisotopic (exact) mass is 537 g/mol. The zero-order valence-electron chi connectivity index (χ0n) is 20.3. The molecule has 0 aliphatic heterocycles. The molecule has 1 amide bonds. The molecule has 3 aromatic carbocycles. The van der Waals surface area contributed by atoms with Gasteiger partial charge in [0.1, 0.15) is 17.2 Å². The minimum absolute atomic E-state index is 0.134. The molecule has 0 bridgehead atoms. The quantitative estimate of drug-likeness (QED) is 0.265. The Bertz CT molecular complexity index is 1430. The van der Waals surface area contributed by atoms with Crippen molar-refractivity contribution in [3.05, 3.63) is 77.9 Å². The molecule has 0 aliphatic rings. The maximum Gasteiger partial charge on any atom is 0.266 e. The zero-order valence-corrected chi connectivity index (χ0v) is 21.9. The lowest BCUT2D eigenvalue weighted by Crippen LogP contribution is -2.42. The highest BCUT2D eigenvalue weighted by Crippen LogP contribution is 2.37. The number of methoxy groups -OCH3 is 2. The number of aromatic nitrogens is 1. The Balaban J connectivity index is 1.38. The summed E-state index contributed by atoms with van der Waals surface area (Å²) in [6, 6.07) is 19.5. The van der Waals surface area contributed by atoms with Crippen molar-refractivity contribution in [1.82, 2.24) is 10.3 Å². The molecular formula is C27H24ClN3O5S. The fraction of sp³-hybridized carbons (Fsp3) is 0.148. The first kappa shape index (κ1) is 26.0.